The Morgan fingerprint density at radius 1 is 0.500 bits per heavy atom. The minimum atomic E-state index is -0.710. The van der Waals surface area contributed by atoms with Crippen molar-refractivity contribution in [2.45, 2.75) is 206 Å². The van der Waals surface area contributed by atoms with Crippen LogP contribution in [0, 0.1) is 0 Å². The summed E-state index contributed by atoms with van der Waals surface area (Å²) in [6.07, 6.45) is 41.9. The highest BCUT2D eigenvalue weighted by atomic mass is 16.6. The molecule has 0 radical (unpaired) electrons. The third-order valence-electron chi connectivity index (χ3n) is 8.23. The van der Waals surface area contributed by atoms with Crippen LogP contribution in [0.2, 0.25) is 0 Å². The van der Waals surface area contributed by atoms with E-state index in [-0.39, 0.29) is 18.5 Å². The monoisotopic (exact) mass is 620 g/mol. The molecule has 0 aliphatic heterocycles. The highest BCUT2D eigenvalue weighted by Crippen LogP contribution is 2.12. The molecular weight excluding hydrogens is 546 g/mol. The zero-order valence-corrected chi connectivity index (χ0v) is 29.3. The standard InChI is InChI=1S/C39H73NO4/c1-3-5-7-9-11-13-15-17-19-21-23-25-27-29-31-33-38(41)43-36-35-37(40)44-39(42)34-32-30-28-26-24-22-20-18-16-14-12-10-8-6-4-2/h17-20,37H,3-16,21-36,40H2,1-2H3. The molecule has 1 unspecified atom stereocenters. The fourth-order valence-corrected chi connectivity index (χ4v) is 5.33. The Hall–Kier alpha value is -1.62. The van der Waals surface area contributed by atoms with E-state index < -0.39 is 6.23 Å². The molecule has 258 valence electrons. The average molecular weight is 620 g/mol. The molecular formula is C39H73NO4. The number of unbranched alkanes of at least 4 members (excludes halogenated alkanes) is 22. The van der Waals surface area contributed by atoms with Crippen molar-refractivity contribution >= 4 is 11.9 Å². The van der Waals surface area contributed by atoms with Gasteiger partial charge in [0.1, 0.15) is 0 Å². The van der Waals surface area contributed by atoms with Gasteiger partial charge in [-0.2, -0.15) is 0 Å². The quantitative estimate of drug-likeness (QED) is 0.0335. The predicted molar refractivity (Wildman–Crippen MR) is 189 cm³/mol. The lowest BCUT2D eigenvalue weighted by atomic mass is 10.1. The van der Waals surface area contributed by atoms with E-state index in [9.17, 15) is 9.59 Å². The fourth-order valence-electron chi connectivity index (χ4n) is 5.33. The van der Waals surface area contributed by atoms with Crippen LogP contribution in [0.4, 0.5) is 0 Å². The molecule has 44 heavy (non-hydrogen) atoms. The van der Waals surface area contributed by atoms with Crippen molar-refractivity contribution in [2.75, 3.05) is 6.61 Å². The van der Waals surface area contributed by atoms with Crippen molar-refractivity contribution in [3.05, 3.63) is 24.3 Å². The molecule has 0 aromatic heterocycles. The number of ether oxygens (including phenoxy) is 2. The third kappa shape index (κ3) is 34.9. The van der Waals surface area contributed by atoms with Gasteiger partial charge in [0.25, 0.3) is 0 Å². The van der Waals surface area contributed by atoms with E-state index in [1.807, 2.05) is 0 Å². The molecule has 0 saturated carbocycles. The van der Waals surface area contributed by atoms with Crippen LogP contribution in [-0.2, 0) is 19.1 Å². The Balaban J connectivity index is 3.45. The molecule has 1 atom stereocenters. The first-order valence-electron chi connectivity index (χ1n) is 19.0. The molecule has 5 heteroatoms. The summed E-state index contributed by atoms with van der Waals surface area (Å²) in [6.45, 7) is 4.72. The summed E-state index contributed by atoms with van der Waals surface area (Å²) in [5.41, 5.74) is 5.91. The Labute approximate surface area is 273 Å². The molecule has 2 N–H and O–H groups in total. The van der Waals surface area contributed by atoms with Crippen LogP contribution in [0.5, 0.6) is 0 Å². The molecule has 0 rings (SSSR count). The highest BCUT2D eigenvalue weighted by molar-refractivity contribution is 5.69. The third-order valence-corrected chi connectivity index (χ3v) is 8.23. The topological polar surface area (TPSA) is 78.6 Å². The van der Waals surface area contributed by atoms with Crippen molar-refractivity contribution in [1.82, 2.24) is 0 Å². The van der Waals surface area contributed by atoms with Gasteiger partial charge >= 0.3 is 11.9 Å². The summed E-state index contributed by atoms with van der Waals surface area (Å²) in [7, 11) is 0. The lowest BCUT2D eigenvalue weighted by molar-refractivity contribution is -0.151. The summed E-state index contributed by atoms with van der Waals surface area (Å²) in [4.78, 5) is 24.0. The van der Waals surface area contributed by atoms with Crippen LogP contribution >= 0.6 is 0 Å². The highest BCUT2D eigenvalue weighted by Gasteiger charge is 2.11. The van der Waals surface area contributed by atoms with Crippen molar-refractivity contribution in [3.63, 3.8) is 0 Å². The molecule has 0 fully saturated rings. The fraction of sp³-hybridized carbons (Fsp3) is 0.846. The van der Waals surface area contributed by atoms with Gasteiger partial charge in [0.05, 0.1) is 6.61 Å². The zero-order chi connectivity index (χ0) is 32.2. The smallest absolute Gasteiger partial charge is 0.307 e. The molecule has 0 heterocycles. The van der Waals surface area contributed by atoms with Crippen molar-refractivity contribution in [2.24, 2.45) is 5.73 Å². The number of carbonyl (C=O) groups excluding carboxylic acids is 2. The second kappa shape index (κ2) is 35.9. The van der Waals surface area contributed by atoms with Gasteiger partial charge in [-0.1, -0.05) is 141 Å². The number of esters is 2. The van der Waals surface area contributed by atoms with Crippen LogP contribution in [0.15, 0.2) is 24.3 Å². The predicted octanol–water partition coefficient (Wildman–Crippen LogP) is 11.8. The first-order valence-corrected chi connectivity index (χ1v) is 19.0. The number of hydrogen-bond donors (Lipinski definition) is 1. The van der Waals surface area contributed by atoms with E-state index in [0.717, 1.165) is 44.9 Å². The number of carbonyl (C=O) groups is 2. The first kappa shape index (κ1) is 42.4. The molecule has 0 saturated heterocycles. The Morgan fingerprint density at radius 3 is 1.25 bits per heavy atom. The average Bonchev–Trinajstić information content (AvgIpc) is 3.01. The summed E-state index contributed by atoms with van der Waals surface area (Å²) in [5, 5.41) is 0. The van der Waals surface area contributed by atoms with Gasteiger partial charge in [-0.3, -0.25) is 15.3 Å². The summed E-state index contributed by atoms with van der Waals surface area (Å²) < 4.78 is 10.6. The molecule has 0 spiro atoms. The maximum Gasteiger partial charge on any atom is 0.307 e. The summed E-state index contributed by atoms with van der Waals surface area (Å²) >= 11 is 0. The first-order chi connectivity index (χ1) is 21.6. The zero-order valence-electron chi connectivity index (χ0n) is 29.3. The Bertz CT molecular complexity index is 675. The van der Waals surface area contributed by atoms with E-state index in [2.05, 4.69) is 38.2 Å². The normalized spacial score (nSPS) is 12.3. The number of hydrogen-bond acceptors (Lipinski definition) is 5. The van der Waals surface area contributed by atoms with Gasteiger partial charge in [-0.15, -0.1) is 0 Å². The minimum Gasteiger partial charge on any atom is -0.465 e. The lowest BCUT2D eigenvalue weighted by Crippen LogP contribution is -2.29. The number of nitrogens with two attached hydrogens (primary N) is 1. The maximum absolute atomic E-state index is 12.0. The van der Waals surface area contributed by atoms with Gasteiger partial charge in [-0.05, 0) is 64.2 Å². The molecule has 0 aliphatic rings. The van der Waals surface area contributed by atoms with E-state index in [4.69, 9.17) is 15.2 Å². The van der Waals surface area contributed by atoms with E-state index in [1.165, 1.54) is 122 Å². The Morgan fingerprint density at radius 2 is 0.841 bits per heavy atom. The molecule has 0 bridgehead atoms. The largest absolute Gasteiger partial charge is 0.465 e. The molecule has 5 nitrogen and oxygen atoms in total. The van der Waals surface area contributed by atoms with Crippen LogP contribution in [0.3, 0.4) is 0 Å². The minimum absolute atomic E-state index is 0.186. The van der Waals surface area contributed by atoms with E-state index >= 15 is 0 Å². The van der Waals surface area contributed by atoms with Gasteiger partial charge in [0, 0.05) is 19.3 Å². The number of rotatable bonds is 34. The van der Waals surface area contributed by atoms with Crippen LogP contribution in [-0.4, -0.2) is 24.8 Å². The Kier molecular flexibility index (Phi) is 34.5. The molecule has 0 amide bonds. The molecule has 0 aliphatic carbocycles. The van der Waals surface area contributed by atoms with Gasteiger partial charge in [0.2, 0.25) is 0 Å². The van der Waals surface area contributed by atoms with Gasteiger partial charge in [-0.25, -0.2) is 0 Å². The second-order valence-corrected chi connectivity index (χ2v) is 12.7. The SMILES string of the molecule is CCCCCCCCC=CCCCCCCCC(=O)OCCC(N)OC(=O)CCCCCCCC=CCCCCCCCC. The molecule has 0 aromatic carbocycles. The summed E-state index contributed by atoms with van der Waals surface area (Å²) in [5.74, 6) is -0.441. The van der Waals surface area contributed by atoms with Gasteiger partial charge in [0.15, 0.2) is 6.23 Å². The van der Waals surface area contributed by atoms with Crippen LogP contribution in [0.1, 0.15) is 200 Å². The maximum atomic E-state index is 12.0. The van der Waals surface area contributed by atoms with E-state index in [0.29, 0.717) is 19.3 Å². The lowest BCUT2D eigenvalue weighted by Gasteiger charge is -2.13. The van der Waals surface area contributed by atoms with Crippen molar-refractivity contribution < 1.29 is 19.1 Å². The van der Waals surface area contributed by atoms with Crippen molar-refractivity contribution in [3.8, 4) is 0 Å². The van der Waals surface area contributed by atoms with Crippen LogP contribution in [0.25, 0.3) is 0 Å². The van der Waals surface area contributed by atoms with E-state index in [1.54, 1.807) is 0 Å². The van der Waals surface area contributed by atoms with Crippen molar-refractivity contribution in [1.29, 1.82) is 0 Å². The summed E-state index contributed by atoms with van der Waals surface area (Å²) in [6, 6.07) is 0. The van der Waals surface area contributed by atoms with Crippen LogP contribution < -0.4 is 5.73 Å². The molecule has 0 aromatic rings. The second-order valence-electron chi connectivity index (χ2n) is 12.7. The van der Waals surface area contributed by atoms with Gasteiger partial charge < -0.3 is 9.47 Å². The number of allylic oxidation sites excluding steroid dienone is 4.